The van der Waals surface area contributed by atoms with Gasteiger partial charge in [-0.25, -0.2) is 4.39 Å². The number of nitriles is 1. The van der Waals surface area contributed by atoms with Crippen molar-refractivity contribution in [3.8, 4) is 6.07 Å². The van der Waals surface area contributed by atoms with Crippen LogP contribution in [0.2, 0.25) is 0 Å². The van der Waals surface area contributed by atoms with Crippen LogP contribution in [0.3, 0.4) is 0 Å². The molecule has 4 nitrogen and oxygen atoms in total. The van der Waals surface area contributed by atoms with Crippen molar-refractivity contribution in [1.29, 1.82) is 5.26 Å². The molecule has 106 valence electrons. The van der Waals surface area contributed by atoms with Gasteiger partial charge in [0.05, 0.1) is 11.6 Å². The second-order valence-electron chi connectivity index (χ2n) is 5.24. The summed E-state index contributed by atoms with van der Waals surface area (Å²) in [6.07, 6.45) is 1.84. The minimum atomic E-state index is -0.764. The van der Waals surface area contributed by atoms with Gasteiger partial charge in [0.25, 0.3) is 0 Å². The summed E-state index contributed by atoms with van der Waals surface area (Å²) in [4.78, 5) is 12.7. The van der Waals surface area contributed by atoms with Crippen molar-refractivity contribution < 1.29 is 14.3 Å². The lowest BCUT2D eigenvalue weighted by molar-refractivity contribution is -0.137. The van der Waals surface area contributed by atoms with E-state index >= 15 is 0 Å². The minimum Gasteiger partial charge on any atom is -0.481 e. The number of hydrogen-bond acceptors (Lipinski definition) is 3. The third kappa shape index (κ3) is 3.78. The van der Waals surface area contributed by atoms with Crippen molar-refractivity contribution in [2.45, 2.75) is 25.8 Å². The topological polar surface area (TPSA) is 64.3 Å². The molecular formula is C15H17FN2O2. The molecule has 0 aromatic heterocycles. The Labute approximate surface area is 117 Å². The third-order valence-corrected chi connectivity index (χ3v) is 3.72. The quantitative estimate of drug-likeness (QED) is 0.896. The molecule has 0 radical (unpaired) electrons. The standard InChI is InChI=1S/C15H17FN2O2/c16-14-3-2-12(8-17)13(7-14)10-18-6-5-11(9-18)1-4-15(19)20/h2-3,7,11H,1,4-6,9-10H2,(H,19,20). The first-order valence-corrected chi connectivity index (χ1v) is 6.71. The Hall–Kier alpha value is -1.93. The number of halogens is 1. The summed E-state index contributed by atoms with van der Waals surface area (Å²) in [6, 6.07) is 6.28. The highest BCUT2D eigenvalue weighted by Gasteiger charge is 2.23. The highest BCUT2D eigenvalue weighted by atomic mass is 19.1. The van der Waals surface area contributed by atoms with Crippen LogP contribution in [0, 0.1) is 23.1 Å². The molecule has 1 unspecified atom stereocenters. The van der Waals surface area contributed by atoms with Crippen LogP contribution in [0.15, 0.2) is 18.2 Å². The molecule has 1 N–H and O–H groups in total. The Kier molecular flexibility index (Phi) is 4.70. The first-order valence-electron chi connectivity index (χ1n) is 6.71. The van der Waals surface area contributed by atoms with E-state index in [1.54, 1.807) is 0 Å². The van der Waals surface area contributed by atoms with Crippen molar-refractivity contribution in [1.82, 2.24) is 4.90 Å². The summed E-state index contributed by atoms with van der Waals surface area (Å²) >= 11 is 0. The summed E-state index contributed by atoms with van der Waals surface area (Å²) in [5.41, 5.74) is 1.20. The lowest BCUT2D eigenvalue weighted by Gasteiger charge is -2.16. The second kappa shape index (κ2) is 6.49. The first-order chi connectivity index (χ1) is 9.58. The zero-order chi connectivity index (χ0) is 14.5. The highest BCUT2D eigenvalue weighted by molar-refractivity contribution is 5.66. The van der Waals surface area contributed by atoms with Crippen molar-refractivity contribution in [2.24, 2.45) is 5.92 Å². The Bertz CT molecular complexity index is 539. The fourth-order valence-electron chi connectivity index (χ4n) is 2.66. The summed E-state index contributed by atoms with van der Waals surface area (Å²) in [7, 11) is 0. The lowest BCUT2D eigenvalue weighted by atomic mass is 10.0. The van der Waals surface area contributed by atoms with E-state index in [0.29, 0.717) is 30.0 Å². The van der Waals surface area contributed by atoms with E-state index in [9.17, 15) is 9.18 Å². The number of nitrogens with zero attached hydrogens (tertiary/aromatic N) is 2. The molecule has 1 aliphatic rings. The summed E-state index contributed by atoms with van der Waals surface area (Å²) in [5, 5.41) is 17.7. The van der Waals surface area contributed by atoms with Gasteiger partial charge < -0.3 is 5.11 Å². The Morgan fingerprint density at radius 1 is 1.55 bits per heavy atom. The molecule has 0 amide bonds. The molecular weight excluding hydrogens is 259 g/mol. The molecule has 1 aromatic rings. The van der Waals surface area contributed by atoms with Gasteiger partial charge in [0.15, 0.2) is 0 Å². The summed E-state index contributed by atoms with van der Waals surface area (Å²) in [6.45, 7) is 2.23. The van der Waals surface area contributed by atoms with Crippen LogP contribution < -0.4 is 0 Å². The molecule has 0 bridgehead atoms. The number of rotatable bonds is 5. The van der Waals surface area contributed by atoms with Gasteiger partial charge in [-0.1, -0.05) is 0 Å². The number of hydrogen-bond donors (Lipinski definition) is 1. The Morgan fingerprint density at radius 2 is 2.35 bits per heavy atom. The van der Waals surface area contributed by atoms with E-state index in [4.69, 9.17) is 10.4 Å². The van der Waals surface area contributed by atoms with Crippen molar-refractivity contribution in [2.75, 3.05) is 13.1 Å². The molecule has 0 aliphatic carbocycles. The van der Waals surface area contributed by atoms with E-state index in [0.717, 1.165) is 19.5 Å². The van der Waals surface area contributed by atoms with Crippen LogP contribution >= 0.6 is 0 Å². The molecule has 1 aliphatic heterocycles. The molecule has 5 heteroatoms. The predicted octanol–water partition coefficient (Wildman–Crippen LogP) is 2.38. The summed E-state index contributed by atoms with van der Waals surface area (Å²) in [5.74, 6) is -0.717. The zero-order valence-corrected chi connectivity index (χ0v) is 11.2. The van der Waals surface area contributed by atoms with Gasteiger partial charge in [-0.2, -0.15) is 5.26 Å². The number of likely N-dealkylation sites (tertiary alicyclic amines) is 1. The van der Waals surface area contributed by atoms with Crippen LogP contribution in [-0.2, 0) is 11.3 Å². The van der Waals surface area contributed by atoms with Gasteiger partial charge in [-0.05, 0) is 49.1 Å². The highest BCUT2D eigenvalue weighted by Crippen LogP contribution is 2.23. The molecule has 1 atom stereocenters. The fourth-order valence-corrected chi connectivity index (χ4v) is 2.66. The van der Waals surface area contributed by atoms with Crippen LogP contribution in [0.1, 0.15) is 30.4 Å². The Morgan fingerprint density at radius 3 is 3.05 bits per heavy atom. The maximum Gasteiger partial charge on any atom is 0.303 e. The maximum atomic E-state index is 13.3. The number of benzene rings is 1. The molecule has 1 saturated heterocycles. The third-order valence-electron chi connectivity index (χ3n) is 3.72. The van der Waals surface area contributed by atoms with E-state index in [1.807, 2.05) is 0 Å². The Balaban J connectivity index is 1.94. The average Bonchev–Trinajstić information content (AvgIpc) is 2.84. The van der Waals surface area contributed by atoms with Crippen LogP contribution in [0.4, 0.5) is 4.39 Å². The molecule has 0 spiro atoms. The van der Waals surface area contributed by atoms with Gasteiger partial charge >= 0.3 is 5.97 Å². The number of carboxylic acids is 1. The molecule has 20 heavy (non-hydrogen) atoms. The zero-order valence-electron chi connectivity index (χ0n) is 11.2. The van der Waals surface area contributed by atoms with Crippen molar-refractivity contribution in [3.63, 3.8) is 0 Å². The van der Waals surface area contributed by atoms with Gasteiger partial charge in [0.1, 0.15) is 5.82 Å². The smallest absolute Gasteiger partial charge is 0.303 e. The average molecular weight is 276 g/mol. The monoisotopic (exact) mass is 276 g/mol. The van der Waals surface area contributed by atoms with Crippen molar-refractivity contribution >= 4 is 5.97 Å². The normalized spacial score (nSPS) is 18.9. The van der Waals surface area contributed by atoms with E-state index in [1.165, 1.54) is 18.2 Å². The van der Waals surface area contributed by atoms with Gasteiger partial charge in [-0.3, -0.25) is 9.69 Å². The molecule has 0 saturated carbocycles. The predicted molar refractivity (Wildman–Crippen MR) is 71.4 cm³/mol. The molecule has 1 fully saturated rings. The van der Waals surface area contributed by atoms with Crippen LogP contribution in [0.25, 0.3) is 0 Å². The molecule has 1 heterocycles. The van der Waals surface area contributed by atoms with E-state index in [-0.39, 0.29) is 12.2 Å². The fraction of sp³-hybridized carbons (Fsp3) is 0.467. The van der Waals surface area contributed by atoms with Gasteiger partial charge in [0, 0.05) is 19.5 Å². The van der Waals surface area contributed by atoms with Crippen LogP contribution in [-0.4, -0.2) is 29.1 Å². The van der Waals surface area contributed by atoms with Crippen LogP contribution in [0.5, 0.6) is 0 Å². The number of carboxylic acid groups (broad SMARTS) is 1. The van der Waals surface area contributed by atoms with Crippen molar-refractivity contribution in [3.05, 3.63) is 35.1 Å². The van der Waals surface area contributed by atoms with Gasteiger partial charge in [-0.15, -0.1) is 0 Å². The largest absolute Gasteiger partial charge is 0.481 e. The number of aliphatic carboxylic acids is 1. The number of carbonyl (C=O) groups is 1. The minimum absolute atomic E-state index is 0.196. The first kappa shape index (κ1) is 14.5. The van der Waals surface area contributed by atoms with E-state index in [2.05, 4.69) is 11.0 Å². The molecule has 2 rings (SSSR count). The second-order valence-corrected chi connectivity index (χ2v) is 5.24. The summed E-state index contributed by atoms with van der Waals surface area (Å²) < 4.78 is 13.3. The molecule has 1 aromatic carbocycles. The van der Waals surface area contributed by atoms with E-state index < -0.39 is 5.97 Å². The maximum absolute atomic E-state index is 13.3. The lowest BCUT2D eigenvalue weighted by Crippen LogP contribution is -2.21. The SMILES string of the molecule is N#Cc1ccc(F)cc1CN1CCC(CCC(=O)O)C1. The van der Waals surface area contributed by atoms with Gasteiger partial charge in [0.2, 0.25) is 0 Å².